The van der Waals surface area contributed by atoms with Crippen molar-refractivity contribution in [1.82, 2.24) is 9.97 Å². The van der Waals surface area contributed by atoms with Gasteiger partial charge in [-0.25, -0.2) is 9.78 Å². The van der Waals surface area contributed by atoms with Gasteiger partial charge >= 0.3 is 5.97 Å². The predicted octanol–water partition coefficient (Wildman–Crippen LogP) is 3.80. The summed E-state index contributed by atoms with van der Waals surface area (Å²) in [6.07, 6.45) is 1.55. The normalized spacial score (nSPS) is 11.5. The number of ether oxygens (including phenoxy) is 2. The fourth-order valence-corrected chi connectivity index (χ4v) is 3.08. The molecule has 3 rings (SSSR count). The van der Waals surface area contributed by atoms with Crippen molar-refractivity contribution in [3.63, 3.8) is 0 Å². The molecule has 3 aromatic rings. The molecule has 0 aliphatic heterocycles. The van der Waals surface area contributed by atoms with Crippen LogP contribution in [-0.4, -0.2) is 35.3 Å². The van der Waals surface area contributed by atoms with Crippen molar-refractivity contribution >= 4 is 34.8 Å². The maximum Gasteiger partial charge on any atom is 0.342 e. The highest BCUT2D eigenvalue weighted by atomic mass is 32.2. The Kier molecular flexibility index (Phi) is 4.95. The summed E-state index contributed by atoms with van der Waals surface area (Å²) in [5.41, 5.74) is 2.29. The molecular weight excluding hydrogens is 340 g/mol. The lowest BCUT2D eigenvalue weighted by atomic mass is 10.1. The lowest BCUT2D eigenvalue weighted by molar-refractivity contribution is -0.131. The van der Waals surface area contributed by atoms with Crippen molar-refractivity contribution in [3.05, 3.63) is 52.9 Å². The SMILES string of the molecule is COc1ccc(/C=C(\Sc2nc3ccccc3[nH]2)C(=O)O)c(OC)c1. The summed E-state index contributed by atoms with van der Waals surface area (Å²) in [6.45, 7) is 0. The van der Waals surface area contributed by atoms with E-state index in [1.165, 1.54) is 7.11 Å². The lowest BCUT2D eigenvalue weighted by Crippen LogP contribution is -1.98. The van der Waals surface area contributed by atoms with Crippen LogP contribution >= 0.6 is 11.8 Å². The van der Waals surface area contributed by atoms with Gasteiger partial charge in [-0.1, -0.05) is 12.1 Å². The maximum absolute atomic E-state index is 11.6. The van der Waals surface area contributed by atoms with Crippen molar-refractivity contribution in [2.24, 2.45) is 0 Å². The molecule has 0 saturated heterocycles. The monoisotopic (exact) mass is 356 g/mol. The molecule has 0 unspecified atom stereocenters. The first kappa shape index (κ1) is 16.9. The predicted molar refractivity (Wildman–Crippen MR) is 97.1 cm³/mol. The summed E-state index contributed by atoms with van der Waals surface area (Å²) in [7, 11) is 3.09. The van der Waals surface area contributed by atoms with Crippen molar-refractivity contribution in [2.75, 3.05) is 14.2 Å². The number of H-pyrrole nitrogens is 1. The largest absolute Gasteiger partial charge is 0.497 e. The van der Waals surface area contributed by atoms with Gasteiger partial charge in [0, 0.05) is 11.6 Å². The van der Waals surface area contributed by atoms with E-state index >= 15 is 0 Å². The van der Waals surface area contributed by atoms with E-state index in [-0.39, 0.29) is 4.91 Å². The fourth-order valence-electron chi connectivity index (χ4n) is 2.30. The van der Waals surface area contributed by atoms with Crippen molar-refractivity contribution in [2.45, 2.75) is 5.16 Å². The Morgan fingerprint density at radius 3 is 2.68 bits per heavy atom. The van der Waals surface area contributed by atoms with Crippen LogP contribution in [-0.2, 0) is 4.79 Å². The van der Waals surface area contributed by atoms with Gasteiger partial charge in [0.25, 0.3) is 0 Å². The average molecular weight is 356 g/mol. The van der Waals surface area contributed by atoms with Crippen molar-refractivity contribution in [3.8, 4) is 11.5 Å². The Bertz CT molecular complexity index is 916. The number of carbonyl (C=O) groups is 1. The van der Waals surface area contributed by atoms with Gasteiger partial charge in [0.1, 0.15) is 16.4 Å². The van der Waals surface area contributed by atoms with Crippen LogP contribution < -0.4 is 9.47 Å². The van der Waals surface area contributed by atoms with Crippen LogP contribution in [0, 0.1) is 0 Å². The van der Waals surface area contributed by atoms with Gasteiger partial charge in [0.15, 0.2) is 5.16 Å². The summed E-state index contributed by atoms with van der Waals surface area (Å²) in [5, 5.41) is 10.1. The Morgan fingerprint density at radius 2 is 2.00 bits per heavy atom. The average Bonchev–Trinajstić information content (AvgIpc) is 3.03. The molecule has 6 nitrogen and oxygen atoms in total. The van der Waals surface area contributed by atoms with Crippen LogP contribution in [0.1, 0.15) is 5.56 Å². The molecule has 0 bridgehead atoms. The number of aliphatic carboxylic acids is 1. The van der Waals surface area contributed by atoms with Gasteiger partial charge in [-0.05, 0) is 42.1 Å². The van der Waals surface area contributed by atoms with E-state index in [1.54, 1.807) is 31.4 Å². The van der Waals surface area contributed by atoms with E-state index in [9.17, 15) is 9.90 Å². The molecule has 0 spiro atoms. The molecule has 25 heavy (non-hydrogen) atoms. The van der Waals surface area contributed by atoms with E-state index in [0.29, 0.717) is 22.2 Å². The zero-order chi connectivity index (χ0) is 17.8. The number of methoxy groups -OCH3 is 2. The van der Waals surface area contributed by atoms with E-state index in [4.69, 9.17) is 9.47 Å². The number of nitrogens with zero attached hydrogens (tertiary/aromatic N) is 1. The Labute approximate surface area is 148 Å². The highest BCUT2D eigenvalue weighted by Gasteiger charge is 2.14. The summed E-state index contributed by atoms with van der Waals surface area (Å²) in [6, 6.07) is 12.7. The van der Waals surface area contributed by atoms with Crippen LogP contribution in [0.3, 0.4) is 0 Å². The standard InChI is InChI=1S/C18H16N2O4S/c1-23-12-8-7-11(15(10-12)24-2)9-16(17(21)22)25-18-19-13-5-3-4-6-14(13)20-18/h3-10H,1-2H3,(H,19,20)(H,21,22)/b16-9-. The number of nitrogens with one attached hydrogen (secondary N) is 1. The highest BCUT2D eigenvalue weighted by molar-refractivity contribution is 8.04. The third-order valence-electron chi connectivity index (χ3n) is 3.51. The Morgan fingerprint density at radius 1 is 1.20 bits per heavy atom. The number of carboxylic acids is 1. The molecule has 0 fully saturated rings. The summed E-state index contributed by atoms with van der Waals surface area (Å²) in [4.78, 5) is 19.3. The second-order valence-electron chi connectivity index (χ2n) is 5.08. The van der Waals surface area contributed by atoms with Crippen molar-refractivity contribution < 1.29 is 19.4 Å². The number of carboxylic acid groups (broad SMARTS) is 1. The topological polar surface area (TPSA) is 84.4 Å². The number of fused-ring (bicyclic) bond motifs is 1. The molecule has 2 aromatic carbocycles. The quantitative estimate of drug-likeness (QED) is 0.516. The van der Waals surface area contributed by atoms with E-state index in [0.717, 1.165) is 22.8 Å². The molecule has 128 valence electrons. The number of aromatic nitrogens is 2. The molecule has 7 heteroatoms. The molecule has 0 aliphatic rings. The number of aromatic amines is 1. The van der Waals surface area contributed by atoms with Crippen LogP contribution in [0.15, 0.2) is 52.5 Å². The lowest BCUT2D eigenvalue weighted by Gasteiger charge is -2.08. The minimum absolute atomic E-state index is 0.127. The first-order valence-corrected chi connectivity index (χ1v) is 8.22. The molecule has 2 N–H and O–H groups in total. The summed E-state index contributed by atoms with van der Waals surface area (Å²) < 4.78 is 10.5. The van der Waals surface area contributed by atoms with E-state index in [2.05, 4.69) is 9.97 Å². The molecule has 0 saturated carbocycles. The number of imidazole rings is 1. The van der Waals surface area contributed by atoms with Crippen LogP contribution in [0.25, 0.3) is 17.1 Å². The van der Waals surface area contributed by atoms with Gasteiger partial charge in [0.05, 0.1) is 25.3 Å². The third-order valence-corrected chi connectivity index (χ3v) is 4.41. The zero-order valence-electron chi connectivity index (χ0n) is 13.6. The number of hydrogen-bond acceptors (Lipinski definition) is 5. The van der Waals surface area contributed by atoms with E-state index < -0.39 is 5.97 Å². The second-order valence-corrected chi connectivity index (χ2v) is 6.11. The first-order valence-electron chi connectivity index (χ1n) is 7.40. The molecule has 1 aromatic heterocycles. The van der Waals surface area contributed by atoms with Gasteiger partial charge in [-0.15, -0.1) is 0 Å². The van der Waals surface area contributed by atoms with Gasteiger partial charge in [-0.2, -0.15) is 0 Å². The highest BCUT2D eigenvalue weighted by Crippen LogP contribution is 2.32. The number of para-hydroxylation sites is 2. The first-order chi connectivity index (χ1) is 12.1. The molecule has 0 aliphatic carbocycles. The number of benzene rings is 2. The van der Waals surface area contributed by atoms with Crippen LogP contribution in [0.5, 0.6) is 11.5 Å². The molecule has 0 atom stereocenters. The molecule has 0 radical (unpaired) electrons. The van der Waals surface area contributed by atoms with Gasteiger partial charge in [-0.3, -0.25) is 0 Å². The maximum atomic E-state index is 11.6. The van der Waals surface area contributed by atoms with Crippen molar-refractivity contribution in [1.29, 1.82) is 0 Å². The Balaban J connectivity index is 1.95. The number of hydrogen-bond donors (Lipinski definition) is 2. The summed E-state index contributed by atoms with van der Waals surface area (Å²) in [5.74, 6) is 0.127. The molecular formula is C18H16N2O4S. The number of rotatable bonds is 6. The minimum atomic E-state index is -1.04. The zero-order valence-corrected chi connectivity index (χ0v) is 14.5. The molecule has 1 heterocycles. The van der Waals surface area contributed by atoms with Crippen LogP contribution in [0.2, 0.25) is 0 Å². The summed E-state index contributed by atoms with van der Waals surface area (Å²) >= 11 is 1.05. The fraction of sp³-hybridized carbons (Fsp3) is 0.111. The Hall–Kier alpha value is -2.93. The smallest absolute Gasteiger partial charge is 0.342 e. The minimum Gasteiger partial charge on any atom is -0.497 e. The van der Waals surface area contributed by atoms with Crippen LogP contribution in [0.4, 0.5) is 0 Å². The second kappa shape index (κ2) is 7.31. The van der Waals surface area contributed by atoms with Gasteiger partial charge in [0.2, 0.25) is 0 Å². The molecule has 0 amide bonds. The van der Waals surface area contributed by atoms with E-state index in [1.807, 2.05) is 24.3 Å². The van der Waals surface area contributed by atoms with Gasteiger partial charge < -0.3 is 19.6 Å². The third kappa shape index (κ3) is 3.77. The number of thioether (sulfide) groups is 1.